The zero-order valence-electron chi connectivity index (χ0n) is 18.9. The third-order valence-electron chi connectivity index (χ3n) is 6.30. The minimum atomic E-state index is 0.0684. The smallest absolute Gasteiger partial charge is 0.208 e. The van der Waals surface area contributed by atoms with Gasteiger partial charge in [-0.3, -0.25) is 4.90 Å². The third-order valence-corrected chi connectivity index (χ3v) is 6.30. The number of benzene rings is 3. The quantitative estimate of drug-likeness (QED) is 0.320. The summed E-state index contributed by atoms with van der Waals surface area (Å²) in [7, 11) is 2.19. The van der Waals surface area contributed by atoms with Gasteiger partial charge in [0.1, 0.15) is 12.8 Å². The van der Waals surface area contributed by atoms with Crippen molar-refractivity contribution in [2.45, 2.75) is 12.6 Å². The van der Waals surface area contributed by atoms with Crippen LogP contribution in [-0.4, -0.2) is 11.9 Å². The number of fused-ring (bicyclic) bond motifs is 1. The van der Waals surface area contributed by atoms with Gasteiger partial charge in [0.15, 0.2) is 0 Å². The summed E-state index contributed by atoms with van der Waals surface area (Å²) in [4.78, 5) is 2.40. The van der Waals surface area contributed by atoms with Crippen LogP contribution in [0.3, 0.4) is 0 Å². The molecule has 0 amide bonds. The van der Waals surface area contributed by atoms with Crippen molar-refractivity contribution in [3.63, 3.8) is 0 Å². The van der Waals surface area contributed by atoms with Crippen LogP contribution in [0.2, 0.25) is 0 Å². The molecule has 1 aliphatic carbocycles. The van der Waals surface area contributed by atoms with E-state index in [-0.39, 0.29) is 6.04 Å². The summed E-state index contributed by atoms with van der Waals surface area (Å²) in [5.41, 5.74) is 4.94. The van der Waals surface area contributed by atoms with Crippen LogP contribution in [0.25, 0.3) is 6.08 Å². The van der Waals surface area contributed by atoms with E-state index in [9.17, 15) is 0 Å². The molecule has 0 spiro atoms. The molecule has 162 valence electrons. The summed E-state index contributed by atoms with van der Waals surface area (Å²) in [6.07, 6.45) is 8.54. The number of rotatable bonds is 5. The molecule has 0 saturated heterocycles. The van der Waals surface area contributed by atoms with Crippen molar-refractivity contribution >= 4 is 6.08 Å². The predicted octanol–water partition coefficient (Wildman–Crippen LogP) is 5.02. The van der Waals surface area contributed by atoms with Gasteiger partial charge in [-0.05, 0) is 24.2 Å². The second-order valence-electron chi connectivity index (χ2n) is 8.50. The van der Waals surface area contributed by atoms with Crippen molar-refractivity contribution in [1.82, 2.24) is 4.90 Å². The summed E-state index contributed by atoms with van der Waals surface area (Å²) in [6.45, 7) is 5.38. The maximum Gasteiger partial charge on any atom is 0.208 e. The highest BCUT2D eigenvalue weighted by molar-refractivity contribution is 5.49. The normalized spacial score (nSPS) is 14.2. The fourth-order valence-electron chi connectivity index (χ4n) is 4.73. The fourth-order valence-corrected chi connectivity index (χ4v) is 4.73. The molecule has 1 heterocycles. The van der Waals surface area contributed by atoms with E-state index in [2.05, 4.69) is 145 Å². The molecule has 4 aromatic rings. The standard InChI is InChI=1S/C31H28N2/c1-32(23-24-13-5-3-6-14-24)31(26-16-7-4-8-17-26)30-22-12-21-29(33(30)2)28-20-11-18-25-15-9-10-19-27(25)28/h3-22,31H,2,23H2,1H3/b29-28+. The van der Waals surface area contributed by atoms with Gasteiger partial charge in [-0.1, -0.05) is 71.9 Å². The van der Waals surface area contributed by atoms with Gasteiger partial charge in [0.2, 0.25) is 11.0 Å². The van der Waals surface area contributed by atoms with Gasteiger partial charge < -0.3 is 0 Å². The average molecular weight is 429 g/mol. The highest BCUT2D eigenvalue weighted by atomic mass is 15.1. The lowest BCUT2D eigenvalue weighted by atomic mass is 10.00. The molecular weight excluding hydrogens is 400 g/mol. The zero-order valence-corrected chi connectivity index (χ0v) is 18.9. The average Bonchev–Trinajstić information content (AvgIpc) is 2.86. The van der Waals surface area contributed by atoms with E-state index < -0.39 is 0 Å². The Morgan fingerprint density at radius 2 is 1.58 bits per heavy atom. The van der Waals surface area contributed by atoms with E-state index in [1.54, 1.807) is 0 Å². The Balaban J connectivity index is 1.72. The third kappa shape index (κ3) is 4.26. The van der Waals surface area contributed by atoms with Crippen LogP contribution in [0.15, 0.2) is 109 Å². The molecule has 5 rings (SSSR count). The Labute approximate surface area is 195 Å². The lowest BCUT2D eigenvalue weighted by molar-refractivity contribution is -0.523. The van der Waals surface area contributed by atoms with E-state index in [4.69, 9.17) is 0 Å². The van der Waals surface area contributed by atoms with Crippen LogP contribution in [0.4, 0.5) is 0 Å². The Hall–Kier alpha value is -3.88. The van der Waals surface area contributed by atoms with Gasteiger partial charge in [0.05, 0.1) is 0 Å². The molecule has 2 heteroatoms. The number of nitrogens with zero attached hydrogens (tertiary/aromatic N) is 2. The lowest BCUT2D eigenvalue weighted by Gasteiger charge is -2.26. The monoisotopic (exact) mass is 428 g/mol. The molecule has 1 aliphatic rings. The predicted molar refractivity (Wildman–Crippen MR) is 134 cm³/mol. The minimum absolute atomic E-state index is 0.0684. The van der Waals surface area contributed by atoms with Crippen LogP contribution in [0, 0.1) is 23.7 Å². The van der Waals surface area contributed by atoms with Crippen molar-refractivity contribution in [1.29, 1.82) is 0 Å². The number of aromatic nitrogens is 1. The maximum absolute atomic E-state index is 4.53. The summed E-state index contributed by atoms with van der Waals surface area (Å²) < 4.78 is 2.11. The molecule has 0 bridgehead atoms. The van der Waals surface area contributed by atoms with Gasteiger partial charge in [-0.25, -0.2) is 0 Å². The van der Waals surface area contributed by atoms with E-state index in [1.807, 2.05) is 0 Å². The van der Waals surface area contributed by atoms with Crippen molar-refractivity contribution < 1.29 is 4.24 Å². The molecule has 2 nitrogen and oxygen atoms in total. The second-order valence-corrected chi connectivity index (χ2v) is 8.50. The second kappa shape index (κ2) is 9.32. The van der Waals surface area contributed by atoms with Gasteiger partial charge in [-0.2, -0.15) is 4.24 Å². The van der Waals surface area contributed by atoms with Crippen LogP contribution in [0.1, 0.15) is 28.4 Å². The summed E-state index contributed by atoms with van der Waals surface area (Å²) >= 11 is 0. The first-order valence-corrected chi connectivity index (χ1v) is 11.4. The Kier molecular flexibility index (Phi) is 5.93. The maximum atomic E-state index is 4.53. The highest BCUT2D eigenvalue weighted by Gasteiger charge is 2.26. The SMILES string of the molecule is C=[n+]1c(C(c2ccccc2)N(C)Cc2ccccc2)ccc/c1=c1/cccc2c1=CC=C[CH-]2. The van der Waals surface area contributed by atoms with Gasteiger partial charge in [0.25, 0.3) is 0 Å². The van der Waals surface area contributed by atoms with Crippen molar-refractivity contribution in [2.75, 3.05) is 7.05 Å². The van der Waals surface area contributed by atoms with Crippen LogP contribution in [0.5, 0.6) is 0 Å². The van der Waals surface area contributed by atoms with Crippen LogP contribution < -0.4 is 9.46 Å². The van der Waals surface area contributed by atoms with Crippen molar-refractivity contribution in [3.8, 4) is 0 Å². The summed E-state index contributed by atoms with van der Waals surface area (Å²) in [5.74, 6) is 0. The molecule has 0 N–H and O–H groups in total. The fraction of sp³-hybridized carbons (Fsp3) is 0.0968. The van der Waals surface area contributed by atoms with Gasteiger partial charge >= 0.3 is 0 Å². The summed E-state index contributed by atoms with van der Waals surface area (Å²) in [5, 5.41) is 3.55. The first-order valence-electron chi connectivity index (χ1n) is 11.4. The summed E-state index contributed by atoms with van der Waals surface area (Å²) in [6, 6.07) is 34.4. The van der Waals surface area contributed by atoms with Crippen molar-refractivity contribution in [3.05, 3.63) is 161 Å². The van der Waals surface area contributed by atoms with Gasteiger partial charge in [-0.15, -0.1) is 42.3 Å². The molecule has 1 aromatic heterocycles. The first-order chi connectivity index (χ1) is 16.2. The molecule has 1 atom stereocenters. The molecule has 0 saturated carbocycles. The molecule has 1 unspecified atom stereocenters. The zero-order chi connectivity index (χ0) is 22.6. The molecular formula is C31H28N2. The minimum Gasteiger partial charge on any atom is -0.286 e. The molecule has 3 aromatic carbocycles. The number of allylic oxidation sites excluding steroid dienone is 2. The largest absolute Gasteiger partial charge is 0.286 e. The Bertz CT molecular complexity index is 1490. The molecule has 0 fully saturated rings. The topological polar surface area (TPSA) is 9.14 Å². The van der Waals surface area contributed by atoms with E-state index in [1.165, 1.54) is 27.1 Å². The van der Waals surface area contributed by atoms with E-state index in [0.717, 1.165) is 17.6 Å². The molecule has 0 radical (unpaired) electrons. The van der Waals surface area contributed by atoms with Gasteiger partial charge in [0, 0.05) is 23.9 Å². The van der Waals surface area contributed by atoms with Crippen LogP contribution >= 0.6 is 0 Å². The van der Waals surface area contributed by atoms with Crippen molar-refractivity contribution in [2.24, 2.45) is 0 Å². The Morgan fingerprint density at radius 3 is 2.36 bits per heavy atom. The lowest BCUT2D eigenvalue weighted by Crippen LogP contribution is -2.34. The Morgan fingerprint density at radius 1 is 0.848 bits per heavy atom. The molecule has 33 heavy (non-hydrogen) atoms. The van der Waals surface area contributed by atoms with Crippen LogP contribution in [-0.2, 0) is 6.54 Å². The number of hydrogen-bond acceptors (Lipinski definition) is 1. The highest BCUT2D eigenvalue weighted by Crippen LogP contribution is 2.26. The van der Waals surface area contributed by atoms with E-state index in [0.29, 0.717) is 0 Å². The number of hydrogen-bond donors (Lipinski definition) is 0. The number of pyridine rings is 1. The molecule has 0 aliphatic heterocycles. The van der Waals surface area contributed by atoms with E-state index >= 15 is 0 Å². The first kappa shape index (κ1) is 21.0.